The van der Waals surface area contributed by atoms with Gasteiger partial charge >= 0.3 is 0 Å². The lowest BCUT2D eigenvalue weighted by atomic mass is 10.1. The Morgan fingerprint density at radius 1 is 1.29 bits per heavy atom. The number of pyridine rings is 2. The van der Waals surface area contributed by atoms with Gasteiger partial charge in [-0.05, 0) is 44.9 Å². The Bertz CT molecular complexity index is 882. The van der Waals surface area contributed by atoms with E-state index in [0.29, 0.717) is 11.4 Å². The predicted octanol–water partition coefficient (Wildman–Crippen LogP) is 3.67. The van der Waals surface area contributed by atoms with Crippen LogP contribution in [-0.2, 0) is 0 Å². The van der Waals surface area contributed by atoms with Crippen LogP contribution in [0.3, 0.4) is 0 Å². The van der Waals surface area contributed by atoms with Crippen LogP contribution in [0, 0.1) is 13.8 Å². The van der Waals surface area contributed by atoms with Crippen molar-refractivity contribution in [2.45, 2.75) is 40.2 Å². The quantitative estimate of drug-likeness (QED) is 0.795. The second-order valence-corrected chi connectivity index (χ2v) is 6.07. The van der Waals surface area contributed by atoms with E-state index < -0.39 is 0 Å². The smallest absolute Gasteiger partial charge is 0.257 e. The molecule has 0 aliphatic carbocycles. The molecule has 0 bridgehead atoms. The molecule has 1 atom stereocenters. The standard InChI is InChI=1S/C18H21N5O/c1-5-13(4)23-17-15(10-20-23)14(8-12(3)21-17)18(24)22-16-7-6-11(2)9-19-16/h6-10,13H,5H2,1-4H3,(H,19,22,24)/t13-/m1/s1. The number of anilines is 1. The summed E-state index contributed by atoms with van der Waals surface area (Å²) in [5, 5.41) is 8.02. The molecule has 0 aromatic carbocycles. The first kappa shape index (κ1) is 16.1. The minimum absolute atomic E-state index is 0.203. The summed E-state index contributed by atoms with van der Waals surface area (Å²) in [5.74, 6) is 0.327. The molecule has 0 fully saturated rings. The van der Waals surface area contributed by atoms with E-state index in [0.717, 1.165) is 28.7 Å². The molecule has 0 unspecified atom stereocenters. The van der Waals surface area contributed by atoms with Crippen molar-refractivity contribution in [1.82, 2.24) is 19.7 Å². The van der Waals surface area contributed by atoms with Gasteiger partial charge in [0.1, 0.15) is 5.82 Å². The molecule has 0 saturated heterocycles. The number of carbonyl (C=O) groups is 1. The van der Waals surface area contributed by atoms with Gasteiger partial charge in [0.05, 0.1) is 23.2 Å². The number of hydrogen-bond acceptors (Lipinski definition) is 4. The summed E-state index contributed by atoms with van der Waals surface area (Å²) in [5.41, 5.74) is 3.14. The van der Waals surface area contributed by atoms with Crippen molar-refractivity contribution >= 4 is 22.8 Å². The van der Waals surface area contributed by atoms with Crippen molar-refractivity contribution in [2.24, 2.45) is 0 Å². The summed E-state index contributed by atoms with van der Waals surface area (Å²) in [6.07, 6.45) is 4.39. The van der Waals surface area contributed by atoms with Crippen LogP contribution in [0.25, 0.3) is 11.0 Å². The van der Waals surface area contributed by atoms with Crippen molar-refractivity contribution in [3.63, 3.8) is 0 Å². The molecule has 3 rings (SSSR count). The van der Waals surface area contributed by atoms with Crippen LogP contribution in [0.15, 0.2) is 30.6 Å². The van der Waals surface area contributed by atoms with Crippen molar-refractivity contribution < 1.29 is 4.79 Å². The van der Waals surface area contributed by atoms with Gasteiger partial charge in [-0.25, -0.2) is 14.6 Å². The summed E-state index contributed by atoms with van der Waals surface area (Å²) >= 11 is 0. The second kappa shape index (κ2) is 6.39. The molecule has 0 saturated carbocycles. The Labute approximate surface area is 140 Å². The largest absolute Gasteiger partial charge is 0.307 e. The SMILES string of the molecule is CC[C@@H](C)n1ncc2c(C(=O)Nc3ccc(C)cn3)cc(C)nc21. The van der Waals surface area contributed by atoms with Crippen molar-refractivity contribution in [2.75, 3.05) is 5.32 Å². The van der Waals surface area contributed by atoms with Crippen molar-refractivity contribution in [1.29, 1.82) is 0 Å². The number of carbonyl (C=O) groups excluding carboxylic acids is 1. The van der Waals surface area contributed by atoms with Crippen LogP contribution >= 0.6 is 0 Å². The van der Waals surface area contributed by atoms with Crippen molar-refractivity contribution in [3.05, 3.63) is 47.4 Å². The minimum atomic E-state index is -0.203. The van der Waals surface area contributed by atoms with Crippen LogP contribution in [0.4, 0.5) is 5.82 Å². The van der Waals surface area contributed by atoms with E-state index in [1.807, 2.05) is 24.6 Å². The third-order valence-electron chi connectivity index (χ3n) is 4.10. The fraction of sp³-hybridized carbons (Fsp3) is 0.333. The average molecular weight is 323 g/mol. The molecule has 24 heavy (non-hydrogen) atoms. The maximum atomic E-state index is 12.7. The molecule has 0 spiro atoms. The summed E-state index contributed by atoms with van der Waals surface area (Å²) in [6.45, 7) is 8.03. The second-order valence-electron chi connectivity index (χ2n) is 6.07. The number of aryl methyl sites for hydroxylation is 2. The third-order valence-corrected chi connectivity index (χ3v) is 4.10. The highest BCUT2D eigenvalue weighted by molar-refractivity contribution is 6.11. The highest BCUT2D eigenvalue weighted by atomic mass is 16.1. The summed E-state index contributed by atoms with van der Waals surface area (Å²) in [7, 11) is 0. The van der Waals surface area contributed by atoms with Gasteiger partial charge in [-0.15, -0.1) is 0 Å². The van der Waals surface area contributed by atoms with E-state index in [1.54, 1.807) is 24.5 Å². The number of rotatable bonds is 4. The van der Waals surface area contributed by atoms with Gasteiger partial charge in [-0.1, -0.05) is 13.0 Å². The Morgan fingerprint density at radius 2 is 2.08 bits per heavy atom. The molecule has 3 heterocycles. The van der Waals surface area contributed by atoms with Crippen LogP contribution in [0.5, 0.6) is 0 Å². The van der Waals surface area contributed by atoms with E-state index in [1.165, 1.54) is 0 Å². The number of fused-ring (bicyclic) bond motifs is 1. The Balaban J connectivity index is 2.00. The fourth-order valence-corrected chi connectivity index (χ4v) is 2.55. The van der Waals surface area contributed by atoms with Crippen LogP contribution in [0.1, 0.15) is 47.9 Å². The van der Waals surface area contributed by atoms with Crippen LogP contribution < -0.4 is 5.32 Å². The number of amides is 1. The van der Waals surface area contributed by atoms with Gasteiger partial charge in [-0.2, -0.15) is 5.10 Å². The maximum Gasteiger partial charge on any atom is 0.257 e. The fourth-order valence-electron chi connectivity index (χ4n) is 2.55. The van der Waals surface area contributed by atoms with Gasteiger partial charge in [0.15, 0.2) is 5.65 Å². The summed E-state index contributed by atoms with van der Waals surface area (Å²) in [6, 6.07) is 5.72. The van der Waals surface area contributed by atoms with Gasteiger partial charge in [0.2, 0.25) is 0 Å². The third kappa shape index (κ3) is 2.99. The molecule has 124 valence electrons. The van der Waals surface area contributed by atoms with Crippen molar-refractivity contribution in [3.8, 4) is 0 Å². The predicted molar refractivity (Wildman–Crippen MR) is 94.2 cm³/mol. The Morgan fingerprint density at radius 3 is 2.75 bits per heavy atom. The van der Waals surface area contributed by atoms with Gasteiger partial charge in [0, 0.05) is 11.9 Å². The first-order valence-electron chi connectivity index (χ1n) is 8.08. The monoisotopic (exact) mass is 323 g/mol. The minimum Gasteiger partial charge on any atom is -0.307 e. The normalized spacial score (nSPS) is 12.3. The van der Waals surface area contributed by atoms with Gasteiger partial charge < -0.3 is 5.32 Å². The molecule has 0 aliphatic heterocycles. The van der Waals surface area contributed by atoms with E-state index in [2.05, 4.69) is 34.2 Å². The maximum absolute atomic E-state index is 12.7. The number of nitrogens with one attached hydrogen (secondary N) is 1. The van der Waals surface area contributed by atoms with Gasteiger partial charge in [-0.3, -0.25) is 4.79 Å². The first-order valence-corrected chi connectivity index (χ1v) is 8.08. The number of aromatic nitrogens is 4. The molecule has 1 N–H and O–H groups in total. The molecule has 1 amide bonds. The molecule has 3 aromatic rings. The van der Waals surface area contributed by atoms with Gasteiger partial charge in [0.25, 0.3) is 5.91 Å². The zero-order valence-electron chi connectivity index (χ0n) is 14.4. The Kier molecular flexibility index (Phi) is 4.29. The lowest BCUT2D eigenvalue weighted by Gasteiger charge is -2.11. The average Bonchev–Trinajstić information content (AvgIpc) is 2.99. The zero-order chi connectivity index (χ0) is 17.3. The molecular weight excluding hydrogens is 302 g/mol. The molecule has 0 radical (unpaired) electrons. The van der Waals surface area contributed by atoms with E-state index >= 15 is 0 Å². The van der Waals surface area contributed by atoms with E-state index in [4.69, 9.17) is 0 Å². The highest BCUT2D eigenvalue weighted by Crippen LogP contribution is 2.23. The van der Waals surface area contributed by atoms with Crippen LogP contribution in [0.2, 0.25) is 0 Å². The molecule has 6 nitrogen and oxygen atoms in total. The topological polar surface area (TPSA) is 72.7 Å². The lowest BCUT2D eigenvalue weighted by molar-refractivity contribution is 0.102. The lowest BCUT2D eigenvalue weighted by Crippen LogP contribution is -2.14. The molecule has 6 heteroatoms. The molecule has 3 aromatic heterocycles. The summed E-state index contributed by atoms with van der Waals surface area (Å²) in [4.78, 5) is 21.5. The first-order chi connectivity index (χ1) is 11.5. The number of nitrogens with zero attached hydrogens (tertiary/aromatic N) is 4. The molecular formula is C18H21N5O. The zero-order valence-corrected chi connectivity index (χ0v) is 14.4. The number of hydrogen-bond donors (Lipinski definition) is 1. The summed E-state index contributed by atoms with van der Waals surface area (Å²) < 4.78 is 1.88. The Hall–Kier alpha value is -2.76. The van der Waals surface area contributed by atoms with E-state index in [-0.39, 0.29) is 11.9 Å². The highest BCUT2D eigenvalue weighted by Gasteiger charge is 2.18. The van der Waals surface area contributed by atoms with E-state index in [9.17, 15) is 4.79 Å². The molecule has 0 aliphatic rings. The van der Waals surface area contributed by atoms with Crippen LogP contribution in [-0.4, -0.2) is 25.7 Å².